The van der Waals surface area contributed by atoms with E-state index in [-0.39, 0.29) is 24.3 Å². The number of anilines is 3. The molecule has 7 nitrogen and oxygen atoms in total. The SMILES string of the molecule is CC(=O)Nc1cccc(NC(=O)COc2cccc(NC(C)=O)c2)c1. The molecule has 130 valence electrons. The van der Waals surface area contributed by atoms with E-state index in [1.165, 1.54) is 13.8 Å². The van der Waals surface area contributed by atoms with E-state index in [9.17, 15) is 14.4 Å². The third-order valence-corrected chi connectivity index (χ3v) is 2.99. The summed E-state index contributed by atoms with van der Waals surface area (Å²) < 4.78 is 5.42. The van der Waals surface area contributed by atoms with Crippen LogP contribution >= 0.6 is 0 Å². The summed E-state index contributed by atoms with van der Waals surface area (Å²) in [5, 5.41) is 7.97. The molecule has 0 aromatic heterocycles. The van der Waals surface area contributed by atoms with Crippen LogP contribution in [0.1, 0.15) is 13.8 Å². The number of carbonyl (C=O) groups excluding carboxylic acids is 3. The smallest absolute Gasteiger partial charge is 0.262 e. The van der Waals surface area contributed by atoms with Gasteiger partial charge in [0.2, 0.25) is 11.8 Å². The standard InChI is InChI=1S/C18H19N3O4/c1-12(22)19-14-5-3-6-15(9-14)21-18(24)11-25-17-8-4-7-16(10-17)20-13(2)23/h3-10H,11H2,1-2H3,(H,19,22)(H,20,23)(H,21,24). The van der Waals surface area contributed by atoms with Gasteiger partial charge in [0.25, 0.3) is 5.91 Å². The average molecular weight is 341 g/mol. The maximum absolute atomic E-state index is 12.0. The van der Waals surface area contributed by atoms with Gasteiger partial charge in [-0.2, -0.15) is 0 Å². The molecule has 25 heavy (non-hydrogen) atoms. The Morgan fingerprint density at radius 3 is 1.92 bits per heavy atom. The Balaban J connectivity index is 1.90. The van der Waals surface area contributed by atoms with Crippen molar-refractivity contribution in [2.45, 2.75) is 13.8 Å². The minimum atomic E-state index is -0.343. The molecule has 2 aromatic carbocycles. The van der Waals surface area contributed by atoms with E-state index in [1.807, 2.05) is 0 Å². The fourth-order valence-corrected chi connectivity index (χ4v) is 2.09. The Bertz CT molecular complexity index is 789. The zero-order chi connectivity index (χ0) is 18.2. The lowest BCUT2D eigenvalue weighted by Gasteiger charge is -2.10. The Labute approximate surface area is 145 Å². The molecule has 3 N–H and O–H groups in total. The summed E-state index contributed by atoms with van der Waals surface area (Å²) in [5.74, 6) is -0.252. The fraction of sp³-hybridized carbons (Fsp3) is 0.167. The second-order valence-corrected chi connectivity index (χ2v) is 5.31. The van der Waals surface area contributed by atoms with Gasteiger partial charge in [0.15, 0.2) is 6.61 Å². The van der Waals surface area contributed by atoms with Crippen molar-refractivity contribution < 1.29 is 19.1 Å². The van der Waals surface area contributed by atoms with Crippen molar-refractivity contribution in [2.24, 2.45) is 0 Å². The van der Waals surface area contributed by atoms with Crippen LogP contribution < -0.4 is 20.7 Å². The van der Waals surface area contributed by atoms with E-state index in [1.54, 1.807) is 48.5 Å². The fourth-order valence-electron chi connectivity index (χ4n) is 2.09. The number of hydrogen-bond acceptors (Lipinski definition) is 4. The predicted octanol–water partition coefficient (Wildman–Crippen LogP) is 2.62. The molecule has 0 aliphatic heterocycles. The van der Waals surface area contributed by atoms with Crippen molar-refractivity contribution >= 4 is 34.8 Å². The Kier molecular flexibility index (Phi) is 6.11. The molecule has 0 aliphatic carbocycles. The number of rotatable bonds is 6. The summed E-state index contributed by atoms with van der Waals surface area (Å²) in [7, 11) is 0. The molecule has 0 atom stereocenters. The summed E-state index contributed by atoms with van der Waals surface area (Å²) in [6.45, 7) is 2.64. The van der Waals surface area contributed by atoms with Crippen LogP contribution in [-0.4, -0.2) is 24.3 Å². The monoisotopic (exact) mass is 341 g/mol. The van der Waals surface area contributed by atoms with E-state index in [0.29, 0.717) is 22.8 Å². The van der Waals surface area contributed by atoms with Crippen molar-refractivity contribution in [1.29, 1.82) is 0 Å². The van der Waals surface area contributed by atoms with Gasteiger partial charge in [0, 0.05) is 37.0 Å². The summed E-state index contributed by atoms with van der Waals surface area (Å²) >= 11 is 0. The van der Waals surface area contributed by atoms with Gasteiger partial charge in [-0.15, -0.1) is 0 Å². The number of ether oxygens (including phenoxy) is 1. The lowest BCUT2D eigenvalue weighted by atomic mass is 10.2. The molecule has 0 saturated heterocycles. The van der Waals surface area contributed by atoms with Gasteiger partial charge in [-0.3, -0.25) is 14.4 Å². The minimum Gasteiger partial charge on any atom is -0.484 e. The van der Waals surface area contributed by atoms with E-state index in [4.69, 9.17) is 4.74 Å². The molecular weight excluding hydrogens is 322 g/mol. The maximum Gasteiger partial charge on any atom is 0.262 e. The van der Waals surface area contributed by atoms with Gasteiger partial charge in [-0.05, 0) is 30.3 Å². The van der Waals surface area contributed by atoms with Crippen molar-refractivity contribution in [1.82, 2.24) is 0 Å². The van der Waals surface area contributed by atoms with Gasteiger partial charge < -0.3 is 20.7 Å². The molecule has 0 spiro atoms. The van der Waals surface area contributed by atoms with Crippen LogP contribution in [0.5, 0.6) is 5.75 Å². The number of carbonyl (C=O) groups is 3. The van der Waals surface area contributed by atoms with E-state index in [0.717, 1.165) is 0 Å². The number of hydrogen-bond donors (Lipinski definition) is 3. The molecule has 0 bridgehead atoms. The summed E-state index contributed by atoms with van der Waals surface area (Å²) in [4.78, 5) is 34.1. The third kappa shape index (κ3) is 6.34. The molecule has 3 amide bonds. The van der Waals surface area contributed by atoms with Crippen molar-refractivity contribution in [3.63, 3.8) is 0 Å². The molecule has 0 radical (unpaired) electrons. The second-order valence-electron chi connectivity index (χ2n) is 5.31. The van der Waals surface area contributed by atoms with Crippen LogP contribution in [-0.2, 0) is 14.4 Å². The normalized spacial score (nSPS) is 9.84. The average Bonchev–Trinajstić information content (AvgIpc) is 2.52. The highest BCUT2D eigenvalue weighted by Gasteiger charge is 2.06. The lowest BCUT2D eigenvalue weighted by Crippen LogP contribution is -2.20. The highest BCUT2D eigenvalue weighted by atomic mass is 16.5. The molecule has 2 rings (SSSR count). The molecule has 0 unspecified atom stereocenters. The molecule has 0 heterocycles. The first kappa shape index (κ1) is 18.0. The number of nitrogens with one attached hydrogen (secondary N) is 3. The van der Waals surface area contributed by atoms with Crippen LogP contribution in [0.3, 0.4) is 0 Å². The Morgan fingerprint density at radius 1 is 0.800 bits per heavy atom. The molecular formula is C18H19N3O4. The first-order valence-electron chi connectivity index (χ1n) is 7.60. The summed E-state index contributed by atoms with van der Waals surface area (Å²) in [6, 6.07) is 13.6. The lowest BCUT2D eigenvalue weighted by molar-refractivity contribution is -0.118. The molecule has 0 saturated carbocycles. The zero-order valence-electron chi connectivity index (χ0n) is 14.0. The van der Waals surface area contributed by atoms with E-state index in [2.05, 4.69) is 16.0 Å². The van der Waals surface area contributed by atoms with E-state index < -0.39 is 0 Å². The van der Waals surface area contributed by atoms with E-state index >= 15 is 0 Å². The minimum absolute atomic E-state index is 0.186. The van der Waals surface area contributed by atoms with Gasteiger partial charge in [-0.1, -0.05) is 12.1 Å². The quantitative estimate of drug-likeness (QED) is 0.752. The highest BCUT2D eigenvalue weighted by molar-refractivity contribution is 5.94. The number of benzene rings is 2. The molecule has 0 fully saturated rings. The van der Waals surface area contributed by atoms with Crippen molar-refractivity contribution in [3.05, 3.63) is 48.5 Å². The van der Waals surface area contributed by atoms with Gasteiger partial charge in [0.05, 0.1) is 0 Å². The van der Waals surface area contributed by atoms with Gasteiger partial charge in [-0.25, -0.2) is 0 Å². The molecule has 7 heteroatoms. The van der Waals surface area contributed by atoms with Crippen LogP contribution in [0.2, 0.25) is 0 Å². The second kappa shape index (κ2) is 8.49. The van der Waals surface area contributed by atoms with Crippen LogP contribution in [0, 0.1) is 0 Å². The highest BCUT2D eigenvalue weighted by Crippen LogP contribution is 2.18. The van der Waals surface area contributed by atoms with Crippen LogP contribution in [0.15, 0.2) is 48.5 Å². The van der Waals surface area contributed by atoms with Gasteiger partial charge >= 0.3 is 0 Å². The molecule has 0 aliphatic rings. The Hall–Kier alpha value is -3.35. The Morgan fingerprint density at radius 2 is 1.32 bits per heavy atom. The topological polar surface area (TPSA) is 96.5 Å². The first-order valence-corrected chi connectivity index (χ1v) is 7.60. The summed E-state index contributed by atoms with van der Waals surface area (Å²) in [5.41, 5.74) is 1.73. The van der Waals surface area contributed by atoms with Crippen molar-refractivity contribution in [2.75, 3.05) is 22.6 Å². The molecule has 2 aromatic rings. The van der Waals surface area contributed by atoms with Crippen molar-refractivity contribution in [3.8, 4) is 5.75 Å². The number of amides is 3. The predicted molar refractivity (Wildman–Crippen MR) is 95.6 cm³/mol. The van der Waals surface area contributed by atoms with Gasteiger partial charge in [0.1, 0.15) is 5.75 Å². The largest absolute Gasteiger partial charge is 0.484 e. The first-order chi connectivity index (χ1) is 11.9. The maximum atomic E-state index is 12.0. The van der Waals surface area contributed by atoms with Crippen LogP contribution in [0.4, 0.5) is 17.1 Å². The zero-order valence-corrected chi connectivity index (χ0v) is 14.0. The van der Waals surface area contributed by atoms with Crippen LogP contribution in [0.25, 0.3) is 0 Å². The third-order valence-electron chi connectivity index (χ3n) is 2.99. The summed E-state index contributed by atoms with van der Waals surface area (Å²) in [6.07, 6.45) is 0.